The fraction of sp³-hybridized carbons (Fsp3) is 0.333. The van der Waals surface area contributed by atoms with E-state index in [0.29, 0.717) is 37.4 Å². The van der Waals surface area contributed by atoms with Crippen LogP contribution in [0, 0.1) is 6.92 Å². The largest absolute Gasteiger partial charge is 0.312 e. The molecule has 3 aromatic rings. The zero-order valence-corrected chi connectivity index (χ0v) is 19.3. The predicted molar refractivity (Wildman–Crippen MR) is 119 cm³/mol. The van der Waals surface area contributed by atoms with Gasteiger partial charge in [-0.05, 0) is 44.0 Å². The number of hydrogen-bond donors (Lipinski definition) is 0. The fourth-order valence-corrected chi connectivity index (χ4v) is 7.16. The van der Waals surface area contributed by atoms with Crippen molar-refractivity contribution in [2.24, 2.45) is 0 Å². The minimum Gasteiger partial charge on any atom is -0.312 e. The molecule has 1 aromatic heterocycles. The van der Waals surface area contributed by atoms with E-state index in [-0.39, 0.29) is 21.7 Å². The average Bonchev–Trinajstić information content (AvgIpc) is 3.25. The van der Waals surface area contributed by atoms with Crippen molar-refractivity contribution in [1.29, 1.82) is 0 Å². The molecule has 3 heterocycles. The molecule has 0 aliphatic carbocycles. The summed E-state index contributed by atoms with van der Waals surface area (Å²) >= 11 is 0. The van der Waals surface area contributed by atoms with E-state index in [1.54, 1.807) is 60.5 Å². The van der Waals surface area contributed by atoms with Crippen molar-refractivity contribution in [3.8, 4) is 0 Å². The Labute approximate surface area is 187 Å². The zero-order chi connectivity index (χ0) is 22.7. The summed E-state index contributed by atoms with van der Waals surface area (Å²) in [6.07, 6.45) is 1.04. The molecule has 0 N–H and O–H groups in total. The Balaban J connectivity index is 1.39. The van der Waals surface area contributed by atoms with E-state index in [9.17, 15) is 16.8 Å². The first-order valence-corrected chi connectivity index (χ1v) is 13.2. The quantitative estimate of drug-likeness (QED) is 0.575. The standard InChI is InChI=1S/C21H23N5O4S2/c1-15-7-9-17(10-8-15)31(27,28)25-13-11-16(12-14-25)20-22-21-24(2)18-5-3-4-6-19(18)32(29,30)26(21)23-20/h3-10,16H,11-14H2,1-2H3. The van der Waals surface area contributed by atoms with Gasteiger partial charge in [0.15, 0.2) is 5.82 Å². The number of para-hydroxylation sites is 1. The Kier molecular flexibility index (Phi) is 4.88. The van der Waals surface area contributed by atoms with E-state index in [2.05, 4.69) is 10.1 Å². The van der Waals surface area contributed by atoms with Gasteiger partial charge >= 0.3 is 0 Å². The second kappa shape index (κ2) is 7.39. The maximum atomic E-state index is 13.0. The molecule has 0 unspecified atom stereocenters. The van der Waals surface area contributed by atoms with Gasteiger partial charge in [0.25, 0.3) is 10.0 Å². The first kappa shape index (κ1) is 21.1. The Morgan fingerprint density at radius 1 is 1.00 bits per heavy atom. The summed E-state index contributed by atoms with van der Waals surface area (Å²) in [7, 11) is -5.64. The molecule has 0 radical (unpaired) electrons. The number of nitrogens with zero attached hydrogens (tertiary/aromatic N) is 5. The highest BCUT2D eigenvalue weighted by Gasteiger charge is 2.37. The molecule has 2 aliphatic rings. The van der Waals surface area contributed by atoms with Crippen molar-refractivity contribution in [2.75, 3.05) is 25.0 Å². The van der Waals surface area contributed by atoms with Crippen molar-refractivity contribution in [1.82, 2.24) is 18.5 Å². The Bertz CT molecular complexity index is 1390. The number of aryl methyl sites for hydroxylation is 1. The number of rotatable bonds is 3. The van der Waals surface area contributed by atoms with Crippen LogP contribution in [0.3, 0.4) is 0 Å². The third-order valence-corrected chi connectivity index (χ3v) is 9.60. The smallest absolute Gasteiger partial charge is 0.288 e. The molecule has 5 rings (SSSR count). The molecule has 1 saturated heterocycles. The van der Waals surface area contributed by atoms with Gasteiger partial charge < -0.3 is 4.90 Å². The summed E-state index contributed by atoms with van der Waals surface area (Å²) in [5, 5.41) is 4.34. The van der Waals surface area contributed by atoms with Crippen LogP contribution in [0.2, 0.25) is 0 Å². The Morgan fingerprint density at radius 3 is 2.34 bits per heavy atom. The average molecular weight is 474 g/mol. The van der Waals surface area contributed by atoms with E-state index in [4.69, 9.17) is 0 Å². The molecule has 0 saturated carbocycles. The lowest BCUT2D eigenvalue weighted by Crippen LogP contribution is -2.38. The molecular weight excluding hydrogens is 450 g/mol. The minimum absolute atomic E-state index is 0.121. The summed E-state index contributed by atoms with van der Waals surface area (Å²) in [6.45, 7) is 2.57. The first-order chi connectivity index (χ1) is 15.2. The maximum absolute atomic E-state index is 13.0. The zero-order valence-electron chi connectivity index (χ0n) is 17.7. The molecule has 0 spiro atoms. The monoisotopic (exact) mass is 473 g/mol. The van der Waals surface area contributed by atoms with Gasteiger partial charge in [0.1, 0.15) is 4.90 Å². The molecule has 168 valence electrons. The van der Waals surface area contributed by atoms with E-state index >= 15 is 0 Å². The van der Waals surface area contributed by atoms with Crippen LogP contribution in [0.4, 0.5) is 11.6 Å². The summed E-state index contributed by atoms with van der Waals surface area (Å²) in [5.74, 6) is 0.549. The summed E-state index contributed by atoms with van der Waals surface area (Å²) in [6, 6.07) is 13.6. The fourth-order valence-electron chi connectivity index (χ4n) is 4.21. The van der Waals surface area contributed by atoms with Crippen molar-refractivity contribution in [3.63, 3.8) is 0 Å². The van der Waals surface area contributed by atoms with Crippen LogP contribution in [0.25, 0.3) is 0 Å². The van der Waals surface area contributed by atoms with Gasteiger partial charge in [-0.2, -0.15) is 17.7 Å². The van der Waals surface area contributed by atoms with Crippen LogP contribution in [0.5, 0.6) is 0 Å². The third kappa shape index (κ3) is 3.23. The molecule has 0 amide bonds. The van der Waals surface area contributed by atoms with E-state index in [1.807, 2.05) is 6.92 Å². The lowest BCUT2D eigenvalue weighted by Gasteiger charge is -2.30. The molecule has 11 heteroatoms. The number of aromatic nitrogens is 3. The predicted octanol–water partition coefficient (Wildman–Crippen LogP) is 2.47. The number of fused-ring (bicyclic) bond motifs is 2. The van der Waals surface area contributed by atoms with Gasteiger partial charge in [0, 0.05) is 26.1 Å². The molecule has 2 aromatic carbocycles. The van der Waals surface area contributed by atoms with Crippen molar-refractivity contribution >= 4 is 31.7 Å². The van der Waals surface area contributed by atoms with Gasteiger partial charge in [-0.15, -0.1) is 9.19 Å². The Morgan fingerprint density at radius 2 is 1.66 bits per heavy atom. The van der Waals surface area contributed by atoms with Crippen LogP contribution >= 0.6 is 0 Å². The number of benzene rings is 2. The van der Waals surface area contributed by atoms with Crippen LogP contribution < -0.4 is 4.90 Å². The normalized spacial score (nSPS) is 18.9. The molecule has 0 atom stereocenters. The molecular formula is C21H23N5O4S2. The molecule has 32 heavy (non-hydrogen) atoms. The van der Waals surface area contributed by atoms with Crippen molar-refractivity contribution in [2.45, 2.75) is 35.5 Å². The van der Waals surface area contributed by atoms with E-state index in [1.165, 1.54) is 4.31 Å². The molecule has 1 fully saturated rings. The van der Waals surface area contributed by atoms with E-state index in [0.717, 1.165) is 9.65 Å². The summed E-state index contributed by atoms with van der Waals surface area (Å²) in [4.78, 5) is 6.71. The van der Waals surface area contributed by atoms with Gasteiger partial charge in [-0.3, -0.25) is 0 Å². The number of anilines is 2. The second-order valence-electron chi connectivity index (χ2n) is 8.14. The van der Waals surface area contributed by atoms with Gasteiger partial charge in [0.05, 0.1) is 10.6 Å². The summed E-state index contributed by atoms with van der Waals surface area (Å²) < 4.78 is 54.5. The highest BCUT2D eigenvalue weighted by atomic mass is 32.2. The highest BCUT2D eigenvalue weighted by molar-refractivity contribution is 7.90. The van der Waals surface area contributed by atoms with Crippen molar-refractivity contribution in [3.05, 3.63) is 59.9 Å². The maximum Gasteiger partial charge on any atom is 0.288 e. The number of sulfonamides is 1. The lowest BCUT2D eigenvalue weighted by molar-refractivity contribution is 0.313. The second-order valence-corrected chi connectivity index (χ2v) is 11.8. The van der Waals surface area contributed by atoms with Crippen LogP contribution in [-0.4, -0.2) is 55.4 Å². The molecule has 2 aliphatic heterocycles. The van der Waals surface area contributed by atoms with Gasteiger partial charge in [0.2, 0.25) is 16.0 Å². The third-order valence-electron chi connectivity index (χ3n) is 6.09. The number of hydrogen-bond acceptors (Lipinski definition) is 7. The first-order valence-electron chi connectivity index (χ1n) is 10.3. The van der Waals surface area contributed by atoms with Gasteiger partial charge in [-0.1, -0.05) is 29.8 Å². The SMILES string of the molecule is Cc1ccc(S(=O)(=O)N2CCC(c3nc4n(n3)S(=O)(=O)c3ccccc3N4C)CC2)cc1. The minimum atomic E-state index is -3.83. The van der Waals surface area contributed by atoms with Crippen LogP contribution in [-0.2, 0) is 20.0 Å². The van der Waals surface area contributed by atoms with Crippen molar-refractivity contribution < 1.29 is 16.8 Å². The van der Waals surface area contributed by atoms with E-state index < -0.39 is 20.0 Å². The molecule has 0 bridgehead atoms. The number of piperidine rings is 1. The van der Waals surface area contributed by atoms with Crippen LogP contribution in [0.15, 0.2) is 58.3 Å². The van der Waals surface area contributed by atoms with Gasteiger partial charge in [-0.25, -0.2) is 8.42 Å². The lowest BCUT2D eigenvalue weighted by atomic mass is 9.98. The van der Waals surface area contributed by atoms with Crippen LogP contribution in [0.1, 0.15) is 30.1 Å². The Hall–Kier alpha value is -2.76. The summed E-state index contributed by atoms with van der Waals surface area (Å²) in [5.41, 5.74) is 1.55. The topological polar surface area (TPSA) is 105 Å². The highest BCUT2D eigenvalue weighted by Crippen LogP contribution is 2.38. The molecule has 9 nitrogen and oxygen atoms in total.